The molecule has 0 saturated carbocycles. The maximum atomic E-state index is 12.8. The molecule has 14 heteroatoms. The number of hydrogen-bond acceptors (Lipinski definition) is 10. The molecule has 1 saturated heterocycles. The molecule has 1 amide bonds. The number of carbonyl (C=O) groups excluding carboxylic acids is 1. The summed E-state index contributed by atoms with van der Waals surface area (Å²) in [5.74, 6) is 1.31. The number of carbonyl (C=O) groups is 1. The van der Waals surface area contributed by atoms with Crippen LogP contribution in [0.25, 0.3) is 11.2 Å². The highest BCUT2D eigenvalue weighted by atomic mass is 31.2. The largest absolute Gasteiger partial charge is 0.407 e. The lowest BCUT2D eigenvalue weighted by Gasteiger charge is -2.40. The molecule has 2 aromatic heterocycles. The Kier molecular flexibility index (Phi) is 9.29. The van der Waals surface area contributed by atoms with Crippen LogP contribution >= 0.6 is 7.60 Å². The fourth-order valence-electron chi connectivity index (χ4n) is 4.24. The van der Waals surface area contributed by atoms with Crippen molar-refractivity contribution in [2.24, 2.45) is 0 Å². The normalized spacial score (nSPS) is 22.0. The Morgan fingerprint density at radius 3 is 2.37 bits per heavy atom. The minimum Gasteiger partial charge on any atom is -0.407 e. The Morgan fingerprint density at radius 1 is 1.07 bits per heavy atom. The van der Waals surface area contributed by atoms with E-state index in [1.165, 1.54) is 26.4 Å². The molecule has 0 spiro atoms. The van der Waals surface area contributed by atoms with Crippen molar-refractivity contribution in [2.75, 3.05) is 26.6 Å². The van der Waals surface area contributed by atoms with Gasteiger partial charge in [0, 0.05) is 32.7 Å². The van der Waals surface area contributed by atoms with Crippen molar-refractivity contribution in [3.63, 3.8) is 0 Å². The van der Waals surface area contributed by atoms with Crippen molar-refractivity contribution in [3.8, 4) is 0 Å². The minimum absolute atomic E-state index is 0.0976. The fourth-order valence-corrected chi connectivity index (χ4v) is 6.30. The second kappa shape index (κ2) is 12.2. The Hall–Kier alpha value is -2.77. The van der Waals surface area contributed by atoms with Crippen molar-refractivity contribution < 1.29 is 32.3 Å². The van der Waals surface area contributed by atoms with Crippen LogP contribution in [-0.4, -0.2) is 73.4 Å². The van der Waals surface area contributed by atoms with Crippen LogP contribution in [0.5, 0.6) is 0 Å². The second-order valence-electron chi connectivity index (χ2n) is 11.1. The van der Waals surface area contributed by atoms with Gasteiger partial charge in [0.1, 0.15) is 24.6 Å². The molecule has 0 bridgehead atoms. The van der Waals surface area contributed by atoms with Gasteiger partial charge in [0.2, 0.25) is 0 Å². The van der Waals surface area contributed by atoms with Gasteiger partial charge in [0.15, 0.2) is 31.5 Å². The highest BCUT2D eigenvalue weighted by Gasteiger charge is 2.51. The van der Waals surface area contributed by atoms with Crippen LogP contribution in [-0.2, 0) is 27.5 Å². The van der Waals surface area contributed by atoms with Gasteiger partial charge >= 0.3 is 7.60 Å². The molecule has 0 unspecified atom stereocenters. The summed E-state index contributed by atoms with van der Waals surface area (Å²) in [6, 6.07) is 8.84. The molecule has 1 fully saturated rings. The van der Waals surface area contributed by atoms with Gasteiger partial charge in [0.25, 0.3) is 5.91 Å². The third-order valence-electron chi connectivity index (χ3n) is 7.60. The van der Waals surface area contributed by atoms with Crippen LogP contribution in [0.4, 0.5) is 5.82 Å². The van der Waals surface area contributed by atoms with Gasteiger partial charge in [-0.3, -0.25) is 13.9 Å². The van der Waals surface area contributed by atoms with E-state index < -0.39 is 40.5 Å². The molecule has 4 atom stereocenters. The number of rotatable bonds is 10. The summed E-state index contributed by atoms with van der Waals surface area (Å²) in [5, 5.41) is 2.73. The summed E-state index contributed by atoms with van der Waals surface area (Å²) in [5.41, 5.74) is 1.32. The average molecular weight is 604 g/mol. The summed E-state index contributed by atoms with van der Waals surface area (Å²) in [6.07, 6.45) is 2.04. The SMILES string of the molecule is CO[C@H]1[C@@H](O[Si](C)(C)C(C)(C)C)[C@H](n2cnc3c(NC(=O)c4ccccc4)ncnc32)O[C@@H]1/C=C/P(=O)(OC)OC. The maximum absolute atomic E-state index is 12.8. The fraction of sp³-hybridized carbons (Fsp3) is 0.481. The summed E-state index contributed by atoms with van der Waals surface area (Å²) < 4.78 is 43.9. The van der Waals surface area contributed by atoms with Crippen molar-refractivity contribution >= 4 is 38.8 Å². The Bertz CT molecular complexity index is 1430. The average Bonchev–Trinajstić information content (AvgIpc) is 3.52. The van der Waals surface area contributed by atoms with E-state index in [0.717, 1.165) is 0 Å². The van der Waals surface area contributed by atoms with E-state index in [1.54, 1.807) is 48.3 Å². The zero-order valence-electron chi connectivity index (χ0n) is 24.6. The molecule has 1 N–H and O–H groups in total. The highest BCUT2D eigenvalue weighted by molar-refractivity contribution is 7.57. The molecule has 0 radical (unpaired) electrons. The number of anilines is 1. The van der Waals surface area contributed by atoms with Crippen LogP contribution in [0.15, 0.2) is 54.9 Å². The number of fused-ring (bicyclic) bond motifs is 1. The summed E-state index contributed by atoms with van der Waals surface area (Å²) in [4.78, 5) is 26.1. The number of nitrogens with one attached hydrogen (secondary N) is 1. The molecule has 3 heterocycles. The van der Waals surface area contributed by atoms with E-state index in [9.17, 15) is 9.36 Å². The molecule has 4 rings (SSSR count). The number of aromatic nitrogens is 4. The molecular formula is C27H38N5O7PSi. The zero-order chi connectivity index (χ0) is 30.0. The summed E-state index contributed by atoms with van der Waals surface area (Å²) >= 11 is 0. The lowest BCUT2D eigenvalue weighted by atomic mass is 10.1. The van der Waals surface area contributed by atoms with Crippen molar-refractivity contribution in [1.82, 2.24) is 19.5 Å². The molecule has 3 aromatic rings. The minimum atomic E-state index is -3.45. The Labute approximate surface area is 241 Å². The first-order valence-electron chi connectivity index (χ1n) is 13.1. The van der Waals surface area contributed by atoms with Crippen LogP contribution in [0.3, 0.4) is 0 Å². The molecule has 1 aliphatic heterocycles. The molecular weight excluding hydrogens is 565 g/mol. The number of benzene rings is 1. The first-order chi connectivity index (χ1) is 19.3. The number of hydrogen-bond donors (Lipinski definition) is 1. The molecule has 0 aliphatic carbocycles. The van der Waals surface area contributed by atoms with E-state index >= 15 is 0 Å². The number of methoxy groups -OCH3 is 1. The van der Waals surface area contributed by atoms with Crippen LogP contribution in [0.2, 0.25) is 18.1 Å². The number of ether oxygens (including phenoxy) is 2. The Balaban J connectivity index is 1.74. The zero-order valence-corrected chi connectivity index (χ0v) is 26.5. The van der Waals surface area contributed by atoms with E-state index in [4.69, 9.17) is 22.9 Å². The van der Waals surface area contributed by atoms with Gasteiger partial charge in [-0.1, -0.05) is 39.0 Å². The van der Waals surface area contributed by atoms with Crippen molar-refractivity contribution in [2.45, 2.75) is 63.4 Å². The highest BCUT2D eigenvalue weighted by Crippen LogP contribution is 2.49. The third-order valence-corrected chi connectivity index (χ3v) is 13.6. The molecule has 1 aromatic carbocycles. The lowest BCUT2D eigenvalue weighted by molar-refractivity contribution is -0.0204. The number of amides is 1. The van der Waals surface area contributed by atoms with Gasteiger partial charge in [-0.25, -0.2) is 15.0 Å². The van der Waals surface area contributed by atoms with Crippen molar-refractivity contribution in [3.05, 3.63) is 60.4 Å². The lowest BCUT2D eigenvalue weighted by Crippen LogP contribution is -2.48. The van der Waals surface area contributed by atoms with Gasteiger partial charge in [0.05, 0.1) is 6.33 Å². The summed E-state index contributed by atoms with van der Waals surface area (Å²) in [6.45, 7) is 10.7. The van der Waals surface area contributed by atoms with Crippen molar-refractivity contribution in [1.29, 1.82) is 0 Å². The number of nitrogens with zero attached hydrogens (tertiary/aromatic N) is 4. The first kappa shape index (κ1) is 31.2. The first-order valence-corrected chi connectivity index (χ1v) is 17.7. The maximum Gasteiger partial charge on any atom is 0.353 e. The topological polar surface area (TPSA) is 136 Å². The molecule has 1 aliphatic rings. The van der Waals surface area contributed by atoms with Crippen LogP contribution in [0.1, 0.15) is 37.4 Å². The quantitative estimate of drug-likeness (QED) is 0.238. The third kappa shape index (κ3) is 6.51. The van der Waals surface area contributed by atoms with E-state index in [2.05, 4.69) is 54.1 Å². The monoisotopic (exact) mass is 603 g/mol. The van der Waals surface area contributed by atoms with E-state index in [-0.39, 0.29) is 16.8 Å². The van der Waals surface area contributed by atoms with Gasteiger partial charge < -0.3 is 28.3 Å². The van der Waals surface area contributed by atoms with E-state index in [0.29, 0.717) is 16.7 Å². The van der Waals surface area contributed by atoms with Gasteiger partial charge in [-0.2, -0.15) is 0 Å². The van der Waals surface area contributed by atoms with Crippen LogP contribution < -0.4 is 5.32 Å². The number of imidazole rings is 1. The summed E-state index contributed by atoms with van der Waals surface area (Å²) in [7, 11) is -1.58. The smallest absolute Gasteiger partial charge is 0.353 e. The standard InChI is InChI=1S/C27H38N5O7PSi/c1-27(2,3)41(7,8)39-22-21(35-4)19(14-15-40(34,36-5)37-6)38-26(22)32-17-30-20-23(28-16-29-24(20)32)31-25(33)18-12-10-9-11-13-18/h9-17,19,21-22,26H,1-8H3,(H,28,29,31,33)/b15-14+/t19-,21-,22-,26-/m1/s1. The van der Waals surface area contributed by atoms with E-state index in [1.807, 2.05) is 6.07 Å². The second-order valence-corrected chi connectivity index (χ2v) is 18.0. The van der Waals surface area contributed by atoms with Gasteiger partial charge in [-0.05, 0) is 36.3 Å². The van der Waals surface area contributed by atoms with Crippen LogP contribution in [0, 0.1) is 0 Å². The predicted molar refractivity (Wildman–Crippen MR) is 157 cm³/mol. The van der Waals surface area contributed by atoms with Gasteiger partial charge in [-0.15, -0.1) is 0 Å². The molecule has 222 valence electrons. The molecule has 41 heavy (non-hydrogen) atoms. The molecule has 12 nitrogen and oxygen atoms in total. The predicted octanol–water partition coefficient (Wildman–Crippen LogP) is 5.38. The Morgan fingerprint density at radius 2 is 1.76 bits per heavy atom.